The monoisotopic (exact) mass is 262 g/mol. The second-order valence-corrected chi connectivity index (χ2v) is 4.98. The van der Waals surface area contributed by atoms with E-state index in [0.29, 0.717) is 6.42 Å². The van der Waals surface area contributed by atoms with Crippen LogP contribution in [0, 0.1) is 0 Å². The molecule has 19 heavy (non-hydrogen) atoms. The largest absolute Gasteiger partial charge is 0.468 e. The first kappa shape index (κ1) is 13.9. The summed E-state index contributed by atoms with van der Waals surface area (Å²) in [5.41, 5.74) is 9.60. The first-order valence-corrected chi connectivity index (χ1v) is 6.86. The van der Waals surface area contributed by atoms with Gasteiger partial charge in [0.15, 0.2) is 0 Å². The van der Waals surface area contributed by atoms with Gasteiger partial charge in [0.25, 0.3) is 0 Å². The minimum atomic E-state index is -0.575. The zero-order valence-electron chi connectivity index (χ0n) is 11.7. The molecule has 1 aliphatic heterocycles. The van der Waals surface area contributed by atoms with Crippen LogP contribution in [0.5, 0.6) is 0 Å². The third-order valence-corrected chi connectivity index (χ3v) is 3.70. The van der Waals surface area contributed by atoms with Gasteiger partial charge >= 0.3 is 5.97 Å². The Morgan fingerprint density at radius 1 is 1.53 bits per heavy atom. The van der Waals surface area contributed by atoms with Crippen molar-refractivity contribution < 1.29 is 9.53 Å². The molecule has 1 unspecified atom stereocenters. The van der Waals surface area contributed by atoms with Crippen molar-refractivity contribution in [1.29, 1.82) is 0 Å². The summed E-state index contributed by atoms with van der Waals surface area (Å²) in [6, 6.07) is 5.82. The molecule has 1 aromatic rings. The van der Waals surface area contributed by atoms with Crippen LogP contribution in [0.2, 0.25) is 0 Å². The fourth-order valence-corrected chi connectivity index (χ4v) is 2.67. The predicted molar refractivity (Wildman–Crippen MR) is 76.3 cm³/mol. The Morgan fingerprint density at radius 2 is 2.32 bits per heavy atom. The summed E-state index contributed by atoms with van der Waals surface area (Å²) in [6.45, 7) is 4.34. The fraction of sp³-hybridized carbons (Fsp3) is 0.533. The number of carbonyl (C=O) groups is 1. The highest BCUT2D eigenvalue weighted by Crippen LogP contribution is 2.28. The molecular formula is C15H22N2O2. The highest BCUT2D eigenvalue weighted by atomic mass is 16.5. The maximum absolute atomic E-state index is 11.3. The van der Waals surface area contributed by atoms with Gasteiger partial charge in [0.05, 0.1) is 7.11 Å². The predicted octanol–water partition coefficient (Wildman–Crippen LogP) is 1.50. The number of ether oxygens (including phenoxy) is 1. The number of anilines is 1. The van der Waals surface area contributed by atoms with Crippen molar-refractivity contribution in [3.63, 3.8) is 0 Å². The molecule has 0 saturated heterocycles. The van der Waals surface area contributed by atoms with Crippen molar-refractivity contribution in [2.75, 3.05) is 25.1 Å². The number of nitrogens with zero attached hydrogens (tertiary/aromatic N) is 1. The molecule has 1 aliphatic rings. The van der Waals surface area contributed by atoms with Crippen LogP contribution in [-0.2, 0) is 22.4 Å². The first-order chi connectivity index (χ1) is 9.15. The Hall–Kier alpha value is -1.55. The smallest absolute Gasteiger partial charge is 0.322 e. The Labute approximate surface area is 114 Å². The Balaban J connectivity index is 2.15. The maximum atomic E-state index is 11.3. The molecule has 4 heteroatoms. The highest BCUT2D eigenvalue weighted by Gasteiger charge is 2.18. The van der Waals surface area contributed by atoms with Crippen LogP contribution in [0.3, 0.4) is 0 Å². The number of aryl methyl sites for hydroxylation is 1. The van der Waals surface area contributed by atoms with E-state index in [1.807, 2.05) is 0 Å². The van der Waals surface area contributed by atoms with Gasteiger partial charge in [0, 0.05) is 18.8 Å². The number of benzene rings is 1. The lowest BCUT2D eigenvalue weighted by atomic mass is 9.96. The number of esters is 1. The summed E-state index contributed by atoms with van der Waals surface area (Å²) in [5.74, 6) is -0.354. The zero-order chi connectivity index (χ0) is 13.8. The molecule has 0 bridgehead atoms. The van der Waals surface area contributed by atoms with Crippen LogP contribution in [-0.4, -0.2) is 32.2 Å². The Bertz CT molecular complexity index is 459. The van der Waals surface area contributed by atoms with Crippen molar-refractivity contribution in [2.24, 2.45) is 5.73 Å². The topological polar surface area (TPSA) is 55.6 Å². The molecule has 0 spiro atoms. The number of fused-ring (bicyclic) bond motifs is 1. The van der Waals surface area contributed by atoms with Gasteiger partial charge in [0.2, 0.25) is 0 Å². The van der Waals surface area contributed by atoms with Gasteiger partial charge in [-0.1, -0.05) is 12.1 Å². The lowest BCUT2D eigenvalue weighted by molar-refractivity contribution is -0.142. The van der Waals surface area contributed by atoms with E-state index in [4.69, 9.17) is 5.73 Å². The van der Waals surface area contributed by atoms with Crippen LogP contribution in [0.4, 0.5) is 5.69 Å². The third kappa shape index (κ3) is 3.07. The molecule has 4 nitrogen and oxygen atoms in total. The van der Waals surface area contributed by atoms with E-state index in [2.05, 4.69) is 34.8 Å². The summed E-state index contributed by atoms with van der Waals surface area (Å²) in [6.07, 6.45) is 2.83. The van der Waals surface area contributed by atoms with E-state index in [0.717, 1.165) is 25.1 Å². The van der Waals surface area contributed by atoms with E-state index >= 15 is 0 Å². The van der Waals surface area contributed by atoms with Crippen molar-refractivity contribution in [3.05, 3.63) is 29.3 Å². The lowest BCUT2D eigenvalue weighted by Gasteiger charge is -2.30. The van der Waals surface area contributed by atoms with Crippen LogP contribution >= 0.6 is 0 Å². The second kappa shape index (κ2) is 6.06. The maximum Gasteiger partial charge on any atom is 0.322 e. The summed E-state index contributed by atoms with van der Waals surface area (Å²) < 4.78 is 4.66. The molecule has 1 heterocycles. The van der Waals surface area contributed by atoms with Gasteiger partial charge in [0.1, 0.15) is 6.04 Å². The summed E-state index contributed by atoms with van der Waals surface area (Å²) >= 11 is 0. The summed E-state index contributed by atoms with van der Waals surface area (Å²) in [5, 5.41) is 0. The van der Waals surface area contributed by atoms with E-state index in [1.165, 1.54) is 24.8 Å². The van der Waals surface area contributed by atoms with E-state index in [9.17, 15) is 4.79 Å². The molecule has 0 radical (unpaired) electrons. The van der Waals surface area contributed by atoms with E-state index in [-0.39, 0.29) is 5.97 Å². The minimum absolute atomic E-state index is 0.354. The number of nitrogens with two attached hydrogens (primary N) is 1. The fourth-order valence-electron chi connectivity index (χ4n) is 2.67. The minimum Gasteiger partial charge on any atom is -0.468 e. The molecule has 0 fully saturated rings. The summed E-state index contributed by atoms with van der Waals surface area (Å²) in [7, 11) is 1.37. The summed E-state index contributed by atoms with van der Waals surface area (Å²) in [4.78, 5) is 13.7. The molecular weight excluding hydrogens is 240 g/mol. The van der Waals surface area contributed by atoms with Gasteiger partial charge in [-0.2, -0.15) is 0 Å². The molecule has 2 rings (SSSR count). The molecule has 0 amide bonds. The van der Waals surface area contributed by atoms with Crippen molar-refractivity contribution in [1.82, 2.24) is 0 Å². The van der Waals surface area contributed by atoms with Crippen LogP contribution in [0.25, 0.3) is 0 Å². The lowest BCUT2D eigenvalue weighted by Crippen LogP contribution is -2.34. The quantitative estimate of drug-likeness (QED) is 0.836. The number of rotatable bonds is 4. The van der Waals surface area contributed by atoms with E-state index < -0.39 is 6.04 Å². The number of hydrogen-bond acceptors (Lipinski definition) is 4. The number of carbonyl (C=O) groups excluding carboxylic acids is 1. The highest BCUT2D eigenvalue weighted by molar-refractivity contribution is 5.75. The molecule has 0 aromatic heterocycles. The normalized spacial score (nSPS) is 15.8. The van der Waals surface area contributed by atoms with Crippen LogP contribution in [0.1, 0.15) is 24.5 Å². The molecule has 0 aliphatic carbocycles. The zero-order valence-corrected chi connectivity index (χ0v) is 11.7. The molecule has 1 atom stereocenters. The average Bonchev–Trinajstić information content (AvgIpc) is 2.45. The molecule has 0 saturated carbocycles. The van der Waals surface area contributed by atoms with Crippen molar-refractivity contribution in [3.8, 4) is 0 Å². The standard InChI is InChI=1S/C15H22N2O2/c1-3-17-8-4-5-12-9-11(6-7-14(12)17)10-13(16)15(18)19-2/h6-7,9,13H,3-5,8,10,16H2,1-2H3. The van der Waals surface area contributed by atoms with Gasteiger partial charge in [-0.05, 0) is 43.4 Å². The van der Waals surface area contributed by atoms with Gasteiger partial charge in [-0.15, -0.1) is 0 Å². The van der Waals surface area contributed by atoms with Gasteiger partial charge in [-0.25, -0.2) is 0 Å². The first-order valence-electron chi connectivity index (χ1n) is 6.86. The van der Waals surface area contributed by atoms with Crippen molar-refractivity contribution in [2.45, 2.75) is 32.2 Å². The second-order valence-electron chi connectivity index (χ2n) is 4.98. The van der Waals surface area contributed by atoms with E-state index in [1.54, 1.807) is 0 Å². The number of methoxy groups -OCH3 is 1. The van der Waals surface area contributed by atoms with Crippen LogP contribution < -0.4 is 10.6 Å². The number of hydrogen-bond donors (Lipinski definition) is 1. The van der Waals surface area contributed by atoms with Gasteiger partial charge < -0.3 is 15.4 Å². The average molecular weight is 262 g/mol. The Kier molecular flexibility index (Phi) is 4.43. The third-order valence-electron chi connectivity index (χ3n) is 3.70. The SMILES string of the molecule is CCN1CCCc2cc(CC(N)C(=O)OC)ccc21. The van der Waals surface area contributed by atoms with Crippen molar-refractivity contribution >= 4 is 11.7 Å². The van der Waals surface area contributed by atoms with Gasteiger partial charge in [-0.3, -0.25) is 4.79 Å². The molecule has 1 aromatic carbocycles. The van der Waals surface area contributed by atoms with Crippen LogP contribution in [0.15, 0.2) is 18.2 Å². The Morgan fingerprint density at radius 3 is 3.00 bits per heavy atom. The molecule has 104 valence electrons. The molecule has 2 N–H and O–H groups in total.